The summed E-state index contributed by atoms with van der Waals surface area (Å²) in [6.07, 6.45) is 0.630. The topological polar surface area (TPSA) is 44.8 Å². The molecule has 2 rings (SSSR count). The number of carbonyl (C=O) groups is 1. The molecule has 0 aliphatic carbocycles. The molecule has 1 aromatic rings. The highest BCUT2D eigenvalue weighted by atomic mass is 16.7. The van der Waals surface area contributed by atoms with Crippen LogP contribution in [-0.2, 0) is 14.3 Å². The van der Waals surface area contributed by atoms with Gasteiger partial charge in [0.25, 0.3) is 0 Å². The zero-order valence-electron chi connectivity index (χ0n) is 9.09. The van der Waals surface area contributed by atoms with Crippen molar-refractivity contribution in [2.45, 2.75) is 18.8 Å². The van der Waals surface area contributed by atoms with Crippen LogP contribution < -0.4 is 4.74 Å². The highest BCUT2D eigenvalue weighted by Gasteiger charge is 2.23. The van der Waals surface area contributed by atoms with Crippen LogP contribution in [0.5, 0.6) is 5.75 Å². The molecule has 1 aliphatic heterocycles. The standard InChI is InChI=1S/C12H14O4/c1-14-10-4-2-9(3-5-10)12-15-7-6-11(8-13)16-12/h2-5,8,11-12H,6-7H2,1H3/t11-,12-/m1/s1. The van der Waals surface area contributed by atoms with Gasteiger partial charge in [-0.1, -0.05) is 12.1 Å². The number of ether oxygens (including phenoxy) is 3. The maximum atomic E-state index is 10.6. The number of methoxy groups -OCH3 is 1. The maximum absolute atomic E-state index is 10.6. The lowest BCUT2D eigenvalue weighted by Gasteiger charge is -2.27. The van der Waals surface area contributed by atoms with Crippen LogP contribution in [0.4, 0.5) is 0 Å². The van der Waals surface area contributed by atoms with Crippen molar-refractivity contribution in [1.82, 2.24) is 0 Å². The number of hydrogen-bond donors (Lipinski definition) is 0. The van der Waals surface area contributed by atoms with E-state index < -0.39 is 6.29 Å². The van der Waals surface area contributed by atoms with Crippen molar-refractivity contribution >= 4 is 6.29 Å². The zero-order valence-corrected chi connectivity index (χ0v) is 9.09. The van der Waals surface area contributed by atoms with Crippen LogP contribution >= 0.6 is 0 Å². The fourth-order valence-corrected chi connectivity index (χ4v) is 1.59. The van der Waals surface area contributed by atoms with Gasteiger partial charge in [-0.3, -0.25) is 0 Å². The average molecular weight is 222 g/mol. The molecule has 0 amide bonds. The van der Waals surface area contributed by atoms with Crippen LogP contribution in [0.1, 0.15) is 18.3 Å². The Morgan fingerprint density at radius 3 is 2.75 bits per heavy atom. The molecule has 1 heterocycles. The summed E-state index contributed by atoms with van der Waals surface area (Å²) in [5, 5.41) is 0. The molecule has 0 aromatic heterocycles. The summed E-state index contributed by atoms with van der Waals surface area (Å²) in [7, 11) is 1.62. The predicted molar refractivity (Wildman–Crippen MR) is 57.2 cm³/mol. The van der Waals surface area contributed by atoms with Gasteiger partial charge in [0.05, 0.1) is 13.7 Å². The van der Waals surface area contributed by atoms with Crippen LogP contribution in [0.25, 0.3) is 0 Å². The Balaban J connectivity index is 2.07. The molecule has 0 bridgehead atoms. The molecule has 16 heavy (non-hydrogen) atoms. The van der Waals surface area contributed by atoms with E-state index in [9.17, 15) is 4.79 Å². The van der Waals surface area contributed by atoms with Crippen LogP contribution in [0.15, 0.2) is 24.3 Å². The van der Waals surface area contributed by atoms with E-state index in [0.717, 1.165) is 17.6 Å². The van der Waals surface area contributed by atoms with Gasteiger partial charge in [-0.2, -0.15) is 0 Å². The molecule has 1 saturated heterocycles. The van der Waals surface area contributed by atoms with E-state index in [4.69, 9.17) is 14.2 Å². The normalized spacial score (nSPS) is 25.1. The SMILES string of the molecule is COc1ccc([C@@H]2OCC[C@H](C=O)O2)cc1. The minimum Gasteiger partial charge on any atom is -0.497 e. The minimum absolute atomic E-state index is 0.360. The number of carbonyl (C=O) groups excluding carboxylic acids is 1. The van der Waals surface area contributed by atoms with Crippen LogP contribution in [0, 0.1) is 0 Å². The third kappa shape index (κ3) is 2.40. The van der Waals surface area contributed by atoms with Crippen molar-refractivity contribution in [3.05, 3.63) is 29.8 Å². The van der Waals surface area contributed by atoms with E-state index in [1.165, 1.54) is 0 Å². The highest BCUT2D eigenvalue weighted by Crippen LogP contribution is 2.26. The summed E-state index contributed by atoms with van der Waals surface area (Å²) in [5.41, 5.74) is 0.896. The third-order valence-corrected chi connectivity index (χ3v) is 2.51. The van der Waals surface area contributed by atoms with E-state index in [2.05, 4.69) is 0 Å². The summed E-state index contributed by atoms with van der Waals surface area (Å²) in [6.45, 7) is 0.542. The maximum Gasteiger partial charge on any atom is 0.184 e. The molecule has 2 atom stereocenters. The highest BCUT2D eigenvalue weighted by molar-refractivity contribution is 5.56. The lowest BCUT2D eigenvalue weighted by molar-refractivity contribution is -0.211. The molecule has 0 saturated carbocycles. The van der Waals surface area contributed by atoms with E-state index in [1.54, 1.807) is 7.11 Å². The van der Waals surface area contributed by atoms with E-state index >= 15 is 0 Å². The van der Waals surface area contributed by atoms with E-state index in [1.807, 2.05) is 24.3 Å². The van der Waals surface area contributed by atoms with Crippen molar-refractivity contribution in [2.75, 3.05) is 13.7 Å². The summed E-state index contributed by atoms with van der Waals surface area (Å²) in [6, 6.07) is 7.42. The Morgan fingerprint density at radius 1 is 1.38 bits per heavy atom. The first-order valence-corrected chi connectivity index (χ1v) is 5.20. The summed E-state index contributed by atoms with van der Waals surface area (Å²) < 4.78 is 16.0. The Morgan fingerprint density at radius 2 is 2.12 bits per heavy atom. The zero-order chi connectivity index (χ0) is 11.4. The van der Waals surface area contributed by atoms with Crippen molar-refractivity contribution < 1.29 is 19.0 Å². The molecule has 1 fully saturated rings. The smallest absolute Gasteiger partial charge is 0.184 e. The van der Waals surface area contributed by atoms with Crippen molar-refractivity contribution in [1.29, 1.82) is 0 Å². The summed E-state index contributed by atoms with van der Waals surface area (Å²) in [5.74, 6) is 0.784. The molecule has 0 spiro atoms. The molecule has 86 valence electrons. The first kappa shape index (κ1) is 11.1. The fraction of sp³-hybridized carbons (Fsp3) is 0.417. The minimum atomic E-state index is -0.449. The van der Waals surface area contributed by atoms with Gasteiger partial charge in [-0.25, -0.2) is 0 Å². The Bertz CT molecular complexity index is 347. The lowest BCUT2D eigenvalue weighted by atomic mass is 10.2. The Hall–Kier alpha value is -1.39. The Labute approximate surface area is 94.1 Å². The van der Waals surface area contributed by atoms with Crippen LogP contribution in [0.2, 0.25) is 0 Å². The molecule has 4 nitrogen and oxygen atoms in total. The number of benzene rings is 1. The monoisotopic (exact) mass is 222 g/mol. The molecule has 0 unspecified atom stereocenters. The van der Waals surface area contributed by atoms with E-state index in [0.29, 0.717) is 13.0 Å². The van der Waals surface area contributed by atoms with Gasteiger partial charge in [-0.05, 0) is 12.1 Å². The van der Waals surface area contributed by atoms with Gasteiger partial charge >= 0.3 is 0 Å². The summed E-state index contributed by atoms with van der Waals surface area (Å²) in [4.78, 5) is 10.6. The number of rotatable bonds is 3. The number of aldehydes is 1. The second-order valence-electron chi connectivity index (χ2n) is 3.58. The quantitative estimate of drug-likeness (QED) is 0.730. The summed E-state index contributed by atoms with van der Waals surface area (Å²) >= 11 is 0. The lowest BCUT2D eigenvalue weighted by Crippen LogP contribution is -2.27. The van der Waals surface area contributed by atoms with Crippen molar-refractivity contribution in [3.63, 3.8) is 0 Å². The van der Waals surface area contributed by atoms with E-state index in [-0.39, 0.29) is 6.10 Å². The first-order valence-electron chi connectivity index (χ1n) is 5.20. The van der Waals surface area contributed by atoms with Crippen LogP contribution in [0.3, 0.4) is 0 Å². The first-order chi connectivity index (χ1) is 7.83. The fourth-order valence-electron chi connectivity index (χ4n) is 1.59. The van der Waals surface area contributed by atoms with Gasteiger partial charge in [0, 0.05) is 12.0 Å². The van der Waals surface area contributed by atoms with Gasteiger partial charge in [-0.15, -0.1) is 0 Å². The molecule has 0 radical (unpaired) electrons. The van der Waals surface area contributed by atoms with Gasteiger partial charge in [0.15, 0.2) is 6.29 Å². The third-order valence-electron chi connectivity index (χ3n) is 2.51. The Kier molecular flexibility index (Phi) is 3.54. The van der Waals surface area contributed by atoms with Crippen LogP contribution in [-0.4, -0.2) is 26.1 Å². The molecule has 0 N–H and O–H groups in total. The molecule has 1 aliphatic rings. The second-order valence-corrected chi connectivity index (χ2v) is 3.58. The molecular weight excluding hydrogens is 208 g/mol. The molecular formula is C12H14O4. The largest absolute Gasteiger partial charge is 0.497 e. The number of hydrogen-bond acceptors (Lipinski definition) is 4. The van der Waals surface area contributed by atoms with Gasteiger partial charge < -0.3 is 19.0 Å². The molecule has 1 aromatic carbocycles. The van der Waals surface area contributed by atoms with Crippen molar-refractivity contribution in [3.8, 4) is 5.75 Å². The second kappa shape index (κ2) is 5.09. The average Bonchev–Trinajstić information content (AvgIpc) is 2.39. The van der Waals surface area contributed by atoms with Gasteiger partial charge in [0.2, 0.25) is 0 Å². The van der Waals surface area contributed by atoms with Gasteiger partial charge in [0.1, 0.15) is 18.1 Å². The van der Waals surface area contributed by atoms with Crippen molar-refractivity contribution in [2.24, 2.45) is 0 Å². The molecule has 4 heteroatoms. The predicted octanol–water partition coefficient (Wildman–Crippen LogP) is 1.70.